The third-order valence-corrected chi connectivity index (χ3v) is 17.6. The molecule has 0 saturated carbocycles. The van der Waals surface area contributed by atoms with Crippen LogP contribution in [0.1, 0.15) is 343 Å². The predicted octanol–water partition coefficient (Wildman–Crippen LogP) is 19.2. The molecule has 0 aromatic heterocycles. The molecule has 0 aliphatic heterocycles. The molecule has 516 valence electrons. The van der Waals surface area contributed by atoms with Gasteiger partial charge in [-0.3, -0.25) is 37.3 Å². The van der Waals surface area contributed by atoms with Crippen molar-refractivity contribution in [2.45, 2.75) is 362 Å². The Labute approximate surface area is 530 Å². The summed E-state index contributed by atoms with van der Waals surface area (Å²) in [7, 11) is -9.89. The molecule has 0 fully saturated rings. The third kappa shape index (κ3) is 62.6. The van der Waals surface area contributed by atoms with Crippen LogP contribution in [-0.4, -0.2) is 96.7 Å². The van der Waals surface area contributed by atoms with Gasteiger partial charge in [0.05, 0.1) is 26.4 Å². The number of carbonyl (C=O) groups is 4. The summed E-state index contributed by atoms with van der Waals surface area (Å²) in [5.41, 5.74) is 0. The van der Waals surface area contributed by atoms with Gasteiger partial charge in [0, 0.05) is 25.7 Å². The maximum Gasteiger partial charge on any atom is 0.472 e. The fourth-order valence-corrected chi connectivity index (χ4v) is 11.8. The van der Waals surface area contributed by atoms with Gasteiger partial charge in [-0.2, -0.15) is 0 Å². The molecule has 0 aliphatic rings. The second-order valence-electron chi connectivity index (χ2n) is 25.5. The number of carbonyl (C=O) groups excluding carboxylic acids is 4. The zero-order valence-electron chi connectivity index (χ0n) is 56.3. The van der Waals surface area contributed by atoms with E-state index < -0.39 is 97.5 Å². The number of unbranched alkanes of at least 4 members (excludes halogenated alkanes) is 37. The molecule has 0 saturated heterocycles. The molecule has 0 spiro atoms. The van der Waals surface area contributed by atoms with Crippen molar-refractivity contribution in [2.75, 3.05) is 39.6 Å². The topological polar surface area (TPSA) is 237 Å². The molecule has 19 heteroatoms. The second-order valence-corrected chi connectivity index (χ2v) is 28.4. The van der Waals surface area contributed by atoms with E-state index in [9.17, 15) is 43.2 Å². The number of aliphatic hydroxyl groups excluding tert-OH is 1. The van der Waals surface area contributed by atoms with Gasteiger partial charge in [0.2, 0.25) is 0 Å². The van der Waals surface area contributed by atoms with E-state index in [1.165, 1.54) is 154 Å². The van der Waals surface area contributed by atoms with Crippen LogP contribution in [0.3, 0.4) is 0 Å². The molecular weight excluding hydrogens is 1150 g/mol. The van der Waals surface area contributed by atoms with Crippen LogP contribution < -0.4 is 0 Å². The highest BCUT2D eigenvalue weighted by atomic mass is 31.2. The Kier molecular flexibility index (Phi) is 59.0. The van der Waals surface area contributed by atoms with Crippen LogP contribution in [0.25, 0.3) is 0 Å². The van der Waals surface area contributed by atoms with E-state index in [-0.39, 0.29) is 25.7 Å². The minimum absolute atomic E-state index is 0.103. The summed E-state index contributed by atoms with van der Waals surface area (Å²) in [5.74, 6) is -0.676. The highest BCUT2D eigenvalue weighted by Crippen LogP contribution is 2.45. The van der Waals surface area contributed by atoms with E-state index in [1.54, 1.807) is 0 Å². The van der Waals surface area contributed by atoms with Gasteiger partial charge in [-0.25, -0.2) is 9.13 Å². The molecule has 0 amide bonds. The molecule has 0 rings (SSSR count). The number of hydrogen-bond acceptors (Lipinski definition) is 15. The van der Waals surface area contributed by atoms with Gasteiger partial charge in [0.25, 0.3) is 0 Å². The van der Waals surface area contributed by atoms with Crippen LogP contribution in [0.15, 0.2) is 0 Å². The number of phosphoric acid groups is 2. The fraction of sp³-hybridized carbons (Fsp3) is 0.941. The molecule has 17 nitrogen and oxygen atoms in total. The zero-order chi connectivity index (χ0) is 64.3. The predicted molar refractivity (Wildman–Crippen MR) is 349 cm³/mol. The van der Waals surface area contributed by atoms with Crippen molar-refractivity contribution < 1.29 is 80.2 Å². The maximum atomic E-state index is 13.0. The Morgan fingerprint density at radius 1 is 0.310 bits per heavy atom. The Balaban J connectivity index is 5.22. The molecule has 3 N–H and O–H groups in total. The molecule has 0 aromatic carbocycles. The number of esters is 4. The van der Waals surface area contributed by atoms with Crippen molar-refractivity contribution in [1.82, 2.24) is 0 Å². The quantitative estimate of drug-likeness (QED) is 0.0222. The van der Waals surface area contributed by atoms with Crippen molar-refractivity contribution in [3.8, 4) is 0 Å². The van der Waals surface area contributed by atoms with Gasteiger partial charge in [0.1, 0.15) is 19.3 Å². The van der Waals surface area contributed by atoms with E-state index in [2.05, 4.69) is 41.5 Å². The highest BCUT2D eigenvalue weighted by Gasteiger charge is 2.30. The molecule has 5 atom stereocenters. The summed E-state index contributed by atoms with van der Waals surface area (Å²) in [6.07, 6.45) is 44.6. The maximum absolute atomic E-state index is 13.0. The summed E-state index contributed by atoms with van der Waals surface area (Å²) >= 11 is 0. The fourth-order valence-electron chi connectivity index (χ4n) is 10.2. The number of hydrogen-bond donors (Lipinski definition) is 3. The Morgan fingerprint density at radius 2 is 0.529 bits per heavy atom. The summed E-state index contributed by atoms with van der Waals surface area (Å²) in [6, 6.07) is 0. The number of rotatable bonds is 67. The van der Waals surface area contributed by atoms with E-state index in [4.69, 9.17) is 37.0 Å². The standard InChI is InChI=1S/C68H132O17P2/c1-7-9-11-13-15-17-18-19-20-21-22-23-28-34-40-46-52-67(72)84-63(57-79-66(71)51-45-39-33-27-25-24-26-30-36-42-48-60(3)4)58-82-86(74,75)80-54-62(69)55-81-87(76,77)83-59-64(56-78-65(70)50-44-38-32-16-14-12-10-8-2)85-68(73)53-47-41-35-29-31-37-43-49-61(5)6/h60-64,69H,7-59H2,1-6H3,(H,74,75)(H,76,77)/t62-,63-,64-/m1/s1. The minimum atomic E-state index is -4.95. The molecule has 0 radical (unpaired) electrons. The average molecular weight is 1280 g/mol. The first-order chi connectivity index (χ1) is 41.9. The summed E-state index contributed by atoms with van der Waals surface area (Å²) in [4.78, 5) is 72.3. The van der Waals surface area contributed by atoms with Crippen molar-refractivity contribution in [3.05, 3.63) is 0 Å². The normalized spacial score (nSPS) is 14.2. The Morgan fingerprint density at radius 3 is 0.782 bits per heavy atom. The van der Waals surface area contributed by atoms with Gasteiger partial charge in [0.15, 0.2) is 12.2 Å². The summed E-state index contributed by atoms with van der Waals surface area (Å²) < 4.78 is 68.1. The highest BCUT2D eigenvalue weighted by molar-refractivity contribution is 7.47. The van der Waals surface area contributed by atoms with E-state index >= 15 is 0 Å². The summed E-state index contributed by atoms with van der Waals surface area (Å²) in [5, 5.41) is 10.6. The average Bonchev–Trinajstić information content (AvgIpc) is 3.68. The van der Waals surface area contributed by atoms with Crippen LogP contribution in [0.2, 0.25) is 0 Å². The Bertz CT molecular complexity index is 1700. The first kappa shape index (κ1) is 85.1. The van der Waals surface area contributed by atoms with E-state index in [0.29, 0.717) is 31.6 Å². The molecule has 2 unspecified atom stereocenters. The number of ether oxygens (including phenoxy) is 4. The molecular formula is C68H132O17P2. The van der Waals surface area contributed by atoms with Gasteiger partial charge in [-0.15, -0.1) is 0 Å². The smallest absolute Gasteiger partial charge is 0.462 e. The number of aliphatic hydroxyl groups is 1. The zero-order valence-corrected chi connectivity index (χ0v) is 58.1. The van der Waals surface area contributed by atoms with Crippen LogP contribution in [0, 0.1) is 11.8 Å². The van der Waals surface area contributed by atoms with E-state index in [1.807, 2.05) is 0 Å². The first-order valence-electron chi connectivity index (χ1n) is 35.5. The van der Waals surface area contributed by atoms with Gasteiger partial charge < -0.3 is 33.8 Å². The van der Waals surface area contributed by atoms with Crippen LogP contribution in [-0.2, 0) is 65.4 Å². The number of phosphoric ester groups is 2. The molecule has 87 heavy (non-hydrogen) atoms. The lowest BCUT2D eigenvalue weighted by atomic mass is 10.0. The summed E-state index contributed by atoms with van der Waals surface area (Å²) in [6.45, 7) is 9.44. The third-order valence-electron chi connectivity index (χ3n) is 15.7. The van der Waals surface area contributed by atoms with Gasteiger partial charge in [-0.05, 0) is 37.5 Å². The second kappa shape index (κ2) is 60.3. The molecule has 0 aliphatic carbocycles. The van der Waals surface area contributed by atoms with Gasteiger partial charge >= 0.3 is 39.5 Å². The lowest BCUT2D eigenvalue weighted by Gasteiger charge is -2.21. The first-order valence-corrected chi connectivity index (χ1v) is 38.5. The molecule has 0 bridgehead atoms. The SMILES string of the molecule is CCCCCCCCCCCCCCCCCCC(=O)O[C@H](COC(=O)CCCCCCCCCCCCC(C)C)COP(=O)(O)OC[C@@H](O)COP(=O)(O)OC[C@@H](COC(=O)CCCCCCCCCC)OC(=O)CCCCCCCCCC(C)C. The van der Waals surface area contributed by atoms with Crippen molar-refractivity contribution in [1.29, 1.82) is 0 Å². The van der Waals surface area contributed by atoms with Crippen molar-refractivity contribution in [3.63, 3.8) is 0 Å². The van der Waals surface area contributed by atoms with Crippen molar-refractivity contribution in [2.24, 2.45) is 11.8 Å². The van der Waals surface area contributed by atoms with Crippen LogP contribution in [0.4, 0.5) is 0 Å². The van der Waals surface area contributed by atoms with Crippen LogP contribution >= 0.6 is 15.6 Å². The Hall–Kier alpha value is -1.94. The van der Waals surface area contributed by atoms with Crippen molar-refractivity contribution >= 4 is 39.5 Å². The monoisotopic (exact) mass is 1280 g/mol. The van der Waals surface area contributed by atoms with E-state index in [0.717, 1.165) is 102 Å². The van der Waals surface area contributed by atoms with Gasteiger partial charge in [-0.1, -0.05) is 292 Å². The largest absolute Gasteiger partial charge is 0.472 e. The lowest BCUT2D eigenvalue weighted by molar-refractivity contribution is -0.161. The van der Waals surface area contributed by atoms with Crippen LogP contribution in [0.5, 0.6) is 0 Å². The minimum Gasteiger partial charge on any atom is -0.462 e. The lowest BCUT2D eigenvalue weighted by Crippen LogP contribution is -2.30. The molecule has 0 aromatic rings. The molecule has 0 heterocycles.